The standard InChI is InChI=1S/C14H25N7S2/c1-4-16-13(22)20-18-10(3)12(11-6-8-15-9-7-11)19-21-14(23)17-5-2/h6-10,12,18-19H,4-5H2,1-3H3,(H2,16,20,22)(H2,17,21,23). The summed E-state index contributed by atoms with van der Waals surface area (Å²) >= 11 is 10.3. The summed E-state index contributed by atoms with van der Waals surface area (Å²) in [6, 6.07) is 3.88. The van der Waals surface area contributed by atoms with E-state index in [0.29, 0.717) is 10.2 Å². The molecule has 1 rings (SSSR count). The average Bonchev–Trinajstić information content (AvgIpc) is 2.54. The van der Waals surface area contributed by atoms with Gasteiger partial charge in [0.1, 0.15) is 0 Å². The summed E-state index contributed by atoms with van der Waals surface area (Å²) in [5, 5.41) is 7.17. The van der Waals surface area contributed by atoms with Crippen LogP contribution in [0.1, 0.15) is 32.4 Å². The van der Waals surface area contributed by atoms with Crippen LogP contribution in [0.3, 0.4) is 0 Å². The van der Waals surface area contributed by atoms with E-state index in [4.69, 9.17) is 24.4 Å². The maximum Gasteiger partial charge on any atom is 0.180 e. The molecule has 7 nitrogen and oxygen atoms in total. The van der Waals surface area contributed by atoms with Crippen molar-refractivity contribution in [3.63, 3.8) is 0 Å². The first-order chi connectivity index (χ1) is 11.1. The van der Waals surface area contributed by atoms with E-state index in [0.717, 1.165) is 18.7 Å². The first-order valence-electron chi connectivity index (χ1n) is 7.57. The topological polar surface area (TPSA) is 85.1 Å². The Hall–Kier alpha value is -1.55. The fourth-order valence-corrected chi connectivity index (χ4v) is 2.29. The highest BCUT2D eigenvalue weighted by Crippen LogP contribution is 2.14. The quantitative estimate of drug-likeness (QED) is 0.295. The molecule has 9 heteroatoms. The number of rotatable bonds is 8. The van der Waals surface area contributed by atoms with Crippen LogP contribution >= 0.6 is 24.4 Å². The summed E-state index contributed by atoms with van der Waals surface area (Å²) in [6.07, 6.45) is 3.52. The minimum atomic E-state index is -0.0495. The summed E-state index contributed by atoms with van der Waals surface area (Å²) < 4.78 is 0. The van der Waals surface area contributed by atoms with Gasteiger partial charge >= 0.3 is 0 Å². The van der Waals surface area contributed by atoms with E-state index >= 15 is 0 Å². The van der Waals surface area contributed by atoms with Crippen molar-refractivity contribution in [2.75, 3.05) is 13.1 Å². The molecule has 0 amide bonds. The van der Waals surface area contributed by atoms with Gasteiger partial charge in [-0.15, -0.1) is 0 Å². The molecule has 2 atom stereocenters. The Morgan fingerprint density at radius 2 is 1.52 bits per heavy atom. The van der Waals surface area contributed by atoms with Crippen molar-refractivity contribution in [3.05, 3.63) is 30.1 Å². The van der Waals surface area contributed by atoms with Gasteiger partial charge in [-0.1, -0.05) is 0 Å². The van der Waals surface area contributed by atoms with Gasteiger partial charge in [-0.2, -0.15) is 0 Å². The van der Waals surface area contributed by atoms with Crippen molar-refractivity contribution in [1.82, 2.24) is 37.3 Å². The third-order valence-electron chi connectivity index (χ3n) is 2.99. The minimum Gasteiger partial charge on any atom is -0.362 e. The van der Waals surface area contributed by atoms with Crippen LogP contribution in [-0.4, -0.2) is 34.3 Å². The molecule has 23 heavy (non-hydrogen) atoms. The van der Waals surface area contributed by atoms with E-state index in [1.54, 1.807) is 12.4 Å². The Kier molecular flexibility index (Phi) is 9.37. The predicted octanol–water partition coefficient (Wildman–Crippen LogP) is 0.488. The Balaban J connectivity index is 2.66. The molecule has 0 fully saturated rings. The van der Waals surface area contributed by atoms with Crippen LogP contribution in [0.25, 0.3) is 0 Å². The molecule has 2 unspecified atom stereocenters. The van der Waals surface area contributed by atoms with Gasteiger partial charge < -0.3 is 10.6 Å². The number of thiocarbonyl (C=S) groups is 2. The third kappa shape index (κ3) is 7.51. The molecule has 0 saturated carbocycles. The van der Waals surface area contributed by atoms with Gasteiger partial charge in [0, 0.05) is 31.5 Å². The number of hydrazine groups is 2. The Bertz CT molecular complexity index is 483. The molecule has 0 aliphatic heterocycles. The molecule has 0 aromatic carbocycles. The van der Waals surface area contributed by atoms with Crippen molar-refractivity contribution < 1.29 is 0 Å². The van der Waals surface area contributed by atoms with Gasteiger partial charge in [0.25, 0.3) is 0 Å². The summed E-state index contributed by atoms with van der Waals surface area (Å²) in [5.74, 6) is 0. The first kappa shape index (κ1) is 19.5. The van der Waals surface area contributed by atoms with E-state index in [9.17, 15) is 0 Å². The number of pyridine rings is 1. The van der Waals surface area contributed by atoms with Crippen LogP contribution in [0, 0.1) is 0 Å². The predicted molar refractivity (Wildman–Crippen MR) is 102 cm³/mol. The Morgan fingerprint density at radius 3 is 2.04 bits per heavy atom. The van der Waals surface area contributed by atoms with E-state index in [1.807, 2.05) is 32.9 Å². The van der Waals surface area contributed by atoms with Crippen molar-refractivity contribution >= 4 is 34.7 Å². The minimum absolute atomic E-state index is 0.0194. The number of aromatic nitrogens is 1. The molecule has 0 aliphatic rings. The lowest BCUT2D eigenvalue weighted by atomic mass is 10.0. The number of nitrogens with one attached hydrogen (secondary N) is 6. The lowest BCUT2D eigenvalue weighted by Crippen LogP contribution is -2.55. The van der Waals surface area contributed by atoms with Gasteiger partial charge in [-0.05, 0) is 62.9 Å². The van der Waals surface area contributed by atoms with Gasteiger partial charge in [0.05, 0.1) is 6.04 Å². The van der Waals surface area contributed by atoms with Gasteiger partial charge in [0.15, 0.2) is 10.2 Å². The number of hydrogen-bond donors (Lipinski definition) is 6. The molecule has 1 aromatic heterocycles. The molecule has 128 valence electrons. The van der Waals surface area contributed by atoms with Crippen LogP contribution in [-0.2, 0) is 0 Å². The van der Waals surface area contributed by atoms with E-state index in [1.165, 1.54) is 0 Å². The van der Waals surface area contributed by atoms with Crippen molar-refractivity contribution in [3.8, 4) is 0 Å². The van der Waals surface area contributed by atoms with E-state index in [-0.39, 0.29) is 12.1 Å². The van der Waals surface area contributed by atoms with Crippen molar-refractivity contribution in [2.24, 2.45) is 0 Å². The van der Waals surface area contributed by atoms with Gasteiger partial charge in [-0.25, -0.2) is 10.9 Å². The SMILES string of the molecule is CCNC(=S)NNC(C)C(NNC(=S)NCC)c1ccncc1. The molecule has 6 N–H and O–H groups in total. The molecule has 1 heterocycles. The highest BCUT2D eigenvalue weighted by Gasteiger charge is 2.19. The largest absolute Gasteiger partial charge is 0.362 e. The normalized spacial score (nSPS) is 12.8. The monoisotopic (exact) mass is 355 g/mol. The van der Waals surface area contributed by atoms with Crippen LogP contribution in [0.2, 0.25) is 0 Å². The smallest absolute Gasteiger partial charge is 0.180 e. The highest BCUT2D eigenvalue weighted by molar-refractivity contribution is 7.80. The summed E-state index contributed by atoms with van der Waals surface area (Å²) in [6.45, 7) is 7.55. The molecular weight excluding hydrogens is 330 g/mol. The average molecular weight is 356 g/mol. The fraction of sp³-hybridized carbons (Fsp3) is 0.500. The first-order valence-corrected chi connectivity index (χ1v) is 8.38. The zero-order chi connectivity index (χ0) is 17.1. The molecule has 0 spiro atoms. The van der Waals surface area contributed by atoms with Gasteiger partial charge in [0.2, 0.25) is 0 Å². The second-order valence-electron chi connectivity index (χ2n) is 4.80. The summed E-state index contributed by atoms with van der Waals surface area (Å²) in [7, 11) is 0. The van der Waals surface area contributed by atoms with E-state index in [2.05, 4.69) is 37.3 Å². The lowest BCUT2D eigenvalue weighted by molar-refractivity contribution is 0.369. The number of nitrogens with zero attached hydrogens (tertiary/aromatic N) is 1. The Labute approximate surface area is 148 Å². The van der Waals surface area contributed by atoms with Crippen LogP contribution in [0.15, 0.2) is 24.5 Å². The second-order valence-corrected chi connectivity index (χ2v) is 5.62. The zero-order valence-corrected chi connectivity index (χ0v) is 15.3. The highest BCUT2D eigenvalue weighted by atomic mass is 32.1. The van der Waals surface area contributed by atoms with Crippen LogP contribution < -0.4 is 32.3 Å². The number of hydrogen-bond acceptors (Lipinski definition) is 5. The third-order valence-corrected chi connectivity index (χ3v) is 3.49. The second kappa shape index (κ2) is 11.1. The van der Waals surface area contributed by atoms with Crippen molar-refractivity contribution in [1.29, 1.82) is 0 Å². The Morgan fingerprint density at radius 1 is 1.00 bits per heavy atom. The summed E-state index contributed by atoms with van der Waals surface area (Å²) in [4.78, 5) is 4.06. The molecule has 1 aromatic rings. The molecular formula is C14H25N7S2. The molecule has 0 saturated heterocycles. The van der Waals surface area contributed by atoms with Crippen molar-refractivity contribution in [2.45, 2.75) is 32.9 Å². The maximum atomic E-state index is 5.18. The maximum absolute atomic E-state index is 5.18. The fourth-order valence-electron chi connectivity index (χ4n) is 1.88. The van der Waals surface area contributed by atoms with Gasteiger partial charge in [-0.3, -0.25) is 15.8 Å². The lowest BCUT2D eigenvalue weighted by Gasteiger charge is -2.28. The van der Waals surface area contributed by atoms with Crippen LogP contribution in [0.4, 0.5) is 0 Å². The van der Waals surface area contributed by atoms with Crippen LogP contribution in [0.5, 0.6) is 0 Å². The molecule has 0 radical (unpaired) electrons. The molecule has 0 aliphatic carbocycles. The molecule has 0 bridgehead atoms. The van der Waals surface area contributed by atoms with E-state index < -0.39 is 0 Å². The summed E-state index contributed by atoms with van der Waals surface area (Å²) in [5.41, 5.74) is 13.5. The zero-order valence-electron chi connectivity index (χ0n) is 13.6.